The fraction of sp³-hybridized carbons (Fsp3) is 0.724. The number of rotatable bonds is 4. The molecule has 1 aromatic rings. The van der Waals surface area contributed by atoms with Gasteiger partial charge in [0.25, 0.3) is 0 Å². The van der Waals surface area contributed by atoms with Gasteiger partial charge >= 0.3 is 0 Å². The van der Waals surface area contributed by atoms with Crippen LogP contribution < -0.4 is 5.32 Å². The number of alkyl halides is 2. The van der Waals surface area contributed by atoms with E-state index >= 15 is 4.39 Å². The van der Waals surface area contributed by atoms with Gasteiger partial charge < -0.3 is 14.5 Å². The molecule has 9 heteroatoms. The average Bonchev–Trinajstić information content (AvgIpc) is 2.87. The second kappa shape index (κ2) is 11.6. The van der Waals surface area contributed by atoms with Gasteiger partial charge in [-0.3, -0.25) is 14.9 Å². The van der Waals surface area contributed by atoms with Crippen molar-refractivity contribution >= 4 is 35.0 Å². The molecule has 4 aliphatic rings. The third-order valence-electron chi connectivity index (χ3n) is 9.14. The number of piperidine rings is 1. The number of nitrogens with one attached hydrogen (secondary N) is 1. The number of nitrogens with zero attached hydrogens (tertiary/aromatic N) is 2. The quantitative estimate of drug-likeness (QED) is 0.492. The number of halogens is 3. The van der Waals surface area contributed by atoms with E-state index in [4.69, 9.17) is 27.9 Å². The molecule has 0 aromatic heterocycles. The Kier molecular flexibility index (Phi) is 8.59. The minimum absolute atomic E-state index is 0.152. The molecule has 0 radical (unpaired) electrons. The zero-order chi connectivity index (χ0) is 26.9. The van der Waals surface area contributed by atoms with Crippen molar-refractivity contribution in [1.29, 1.82) is 0 Å². The first kappa shape index (κ1) is 28.1. The number of carbonyl (C=O) groups excluding carboxylic acids is 2. The minimum atomic E-state index is -1.34. The number of carbonyl (C=O) groups is 2. The van der Waals surface area contributed by atoms with Gasteiger partial charge in [0.2, 0.25) is 11.8 Å². The lowest BCUT2D eigenvalue weighted by molar-refractivity contribution is -0.190. The van der Waals surface area contributed by atoms with Gasteiger partial charge in [0.1, 0.15) is 24.9 Å². The highest BCUT2D eigenvalue weighted by atomic mass is 35.5. The van der Waals surface area contributed by atoms with Crippen LogP contribution in [0.2, 0.25) is 5.02 Å². The lowest BCUT2D eigenvalue weighted by Gasteiger charge is -2.55. The molecule has 5 rings (SSSR count). The highest BCUT2D eigenvalue weighted by Crippen LogP contribution is 2.42. The van der Waals surface area contributed by atoms with Crippen LogP contribution in [0.15, 0.2) is 24.3 Å². The van der Waals surface area contributed by atoms with Gasteiger partial charge in [-0.2, -0.15) is 0 Å². The Balaban J connectivity index is 1.41. The Morgan fingerprint density at radius 2 is 1.63 bits per heavy atom. The van der Waals surface area contributed by atoms with Crippen LogP contribution in [0.25, 0.3) is 0 Å². The Hall–Kier alpha value is -1.41. The second-order valence-corrected chi connectivity index (χ2v) is 13.1. The highest BCUT2D eigenvalue weighted by Gasteiger charge is 2.57. The summed E-state index contributed by atoms with van der Waals surface area (Å²) in [6, 6.07) is 6.57. The molecule has 2 amide bonds. The van der Waals surface area contributed by atoms with Gasteiger partial charge in [0, 0.05) is 28.9 Å². The molecule has 4 unspecified atom stereocenters. The van der Waals surface area contributed by atoms with E-state index in [1.54, 1.807) is 17.0 Å². The number of amides is 2. The van der Waals surface area contributed by atoms with Crippen molar-refractivity contribution < 1.29 is 18.7 Å². The number of piperazine rings is 1. The van der Waals surface area contributed by atoms with Crippen LogP contribution in [0.1, 0.15) is 76.7 Å². The Morgan fingerprint density at radius 3 is 2.21 bits per heavy atom. The van der Waals surface area contributed by atoms with E-state index in [9.17, 15) is 9.59 Å². The molecule has 1 spiro atoms. The normalized spacial score (nSPS) is 32.2. The van der Waals surface area contributed by atoms with Crippen molar-refractivity contribution in [2.24, 2.45) is 5.41 Å². The van der Waals surface area contributed by atoms with E-state index in [2.05, 4.69) is 5.32 Å². The maximum absolute atomic E-state index is 15.7. The summed E-state index contributed by atoms with van der Waals surface area (Å²) in [6.07, 6.45) is 7.70. The molecule has 4 atom stereocenters. The number of hydrogen-bond donors (Lipinski definition) is 1. The van der Waals surface area contributed by atoms with Crippen LogP contribution in [-0.4, -0.2) is 70.7 Å². The first-order chi connectivity index (χ1) is 18.2. The van der Waals surface area contributed by atoms with Crippen molar-refractivity contribution in [2.75, 3.05) is 19.8 Å². The Bertz CT molecular complexity index is 995. The fourth-order valence-electron chi connectivity index (χ4n) is 6.85. The van der Waals surface area contributed by atoms with Crippen LogP contribution >= 0.6 is 23.2 Å². The van der Waals surface area contributed by atoms with Crippen LogP contribution in [0, 0.1) is 5.41 Å². The van der Waals surface area contributed by atoms with Gasteiger partial charge in [-0.05, 0) is 30.5 Å². The zero-order valence-corrected chi connectivity index (χ0v) is 23.8. The first-order valence-electron chi connectivity index (χ1n) is 14.2. The van der Waals surface area contributed by atoms with Gasteiger partial charge in [-0.15, -0.1) is 11.6 Å². The van der Waals surface area contributed by atoms with Crippen LogP contribution in [-0.2, 0) is 20.9 Å². The summed E-state index contributed by atoms with van der Waals surface area (Å²) in [4.78, 5) is 31.0. The molecule has 1 saturated carbocycles. The van der Waals surface area contributed by atoms with Gasteiger partial charge in [0.15, 0.2) is 0 Å². The number of hydrogen-bond acceptors (Lipinski definition) is 4. The number of benzene rings is 1. The molecule has 6 nitrogen and oxygen atoms in total. The lowest BCUT2D eigenvalue weighted by Crippen LogP contribution is -2.75. The molecule has 4 fully saturated rings. The summed E-state index contributed by atoms with van der Waals surface area (Å²) in [7, 11) is 0. The maximum Gasteiger partial charge on any atom is 0.247 e. The molecule has 1 N–H and O–H groups in total. The van der Waals surface area contributed by atoms with Gasteiger partial charge in [-0.1, -0.05) is 75.6 Å². The van der Waals surface area contributed by atoms with E-state index in [0.29, 0.717) is 24.8 Å². The maximum atomic E-state index is 15.7. The fourth-order valence-corrected chi connectivity index (χ4v) is 7.43. The van der Waals surface area contributed by atoms with E-state index in [-0.39, 0.29) is 30.2 Å². The predicted molar refractivity (Wildman–Crippen MR) is 147 cm³/mol. The van der Waals surface area contributed by atoms with Crippen molar-refractivity contribution in [2.45, 2.75) is 107 Å². The predicted octanol–water partition coefficient (Wildman–Crippen LogP) is 5.44. The topological polar surface area (TPSA) is 61.9 Å². The van der Waals surface area contributed by atoms with Crippen LogP contribution in [0.4, 0.5) is 4.39 Å². The zero-order valence-electron chi connectivity index (χ0n) is 22.3. The van der Waals surface area contributed by atoms with Crippen molar-refractivity contribution in [3.05, 3.63) is 34.9 Å². The Labute approximate surface area is 235 Å². The third-order valence-corrected chi connectivity index (χ3v) is 9.98. The highest BCUT2D eigenvalue weighted by molar-refractivity contribution is 6.30. The minimum Gasteiger partial charge on any atom is -0.380 e. The third kappa shape index (κ3) is 5.59. The summed E-state index contributed by atoms with van der Waals surface area (Å²) >= 11 is 12.9. The smallest absolute Gasteiger partial charge is 0.247 e. The molecule has 3 saturated heterocycles. The largest absolute Gasteiger partial charge is 0.380 e. The van der Waals surface area contributed by atoms with Crippen LogP contribution in [0.3, 0.4) is 0 Å². The van der Waals surface area contributed by atoms with Gasteiger partial charge in [-0.25, -0.2) is 4.39 Å². The SMILES string of the molecule is CC1(C2C(=O)N(C3NC4(CCCCCCCCC4)C(Cl)CC3F)CC(=O)N2Cc2ccc(Cl)cc2)COC1. The average molecular weight is 569 g/mol. The summed E-state index contributed by atoms with van der Waals surface area (Å²) < 4.78 is 21.3. The molecule has 0 bridgehead atoms. The molecule has 3 aliphatic heterocycles. The van der Waals surface area contributed by atoms with Crippen molar-refractivity contribution in [1.82, 2.24) is 15.1 Å². The second-order valence-electron chi connectivity index (χ2n) is 12.1. The molecule has 1 aromatic carbocycles. The van der Waals surface area contributed by atoms with Crippen molar-refractivity contribution in [3.63, 3.8) is 0 Å². The van der Waals surface area contributed by atoms with E-state index in [1.807, 2.05) is 19.1 Å². The van der Waals surface area contributed by atoms with E-state index in [0.717, 1.165) is 44.1 Å². The summed E-state index contributed by atoms with van der Waals surface area (Å²) in [6.45, 7) is 2.88. The Morgan fingerprint density at radius 1 is 1.03 bits per heavy atom. The molecule has 1 aliphatic carbocycles. The van der Waals surface area contributed by atoms with Crippen molar-refractivity contribution in [3.8, 4) is 0 Å². The molecule has 38 heavy (non-hydrogen) atoms. The van der Waals surface area contributed by atoms with E-state index < -0.39 is 29.3 Å². The summed E-state index contributed by atoms with van der Waals surface area (Å²) in [5.41, 5.74) is -0.0708. The standard InChI is InChI=1S/C29H40Cl2FN3O3/c1-28(18-38-19-28)25-27(37)35(17-24(36)34(25)16-20-9-11-21(30)12-10-20)26-22(32)15-23(31)29(33-26)13-7-5-3-2-4-6-8-14-29/h9-12,22-23,25-26,33H,2-8,13-19H2,1H3. The molecule has 3 heterocycles. The first-order valence-corrected chi connectivity index (χ1v) is 15.0. The summed E-state index contributed by atoms with van der Waals surface area (Å²) in [5, 5.41) is 3.83. The monoisotopic (exact) mass is 567 g/mol. The number of ether oxygens (including phenoxy) is 1. The molecular weight excluding hydrogens is 528 g/mol. The van der Waals surface area contributed by atoms with Crippen LogP contribution in [0.5, 0.6) is 0 Å². The molecular formula is C29H40Cl2FN3O3. The lowest BCUT2D eigenvalue weighted by atomic mass is 9.76. The summed E-state index contributed by atoms with van der Waals surface area (Å²) in [5.74, 6) is -0.396. The molecule has 210 valence electrons. The van der Waals surface area contributed by atoms with E-state index in [1.165, 1.54) is 24.2 Å². The van der Waals surface area contributed by atoms with Gasteiger partial charge in [0.05, 0.1) is 18.6 Å².